The third kappa shape index (κ3) is 2.70. The zero-order chi connectivity index (χ0) is 9.80. The molecule has 1 aromatic rings. The third-order valence-corrected chi connectivity index (χ3v) is 2.47. The fourth-order valence-electron chi connectivity index (χ4n) is 1.43. The first-order chi connectivity index (χ1) is 6.86. The first kappa shape index (κ1) is 9.46. The van der Waals surface area contributed by atoms with Gasteiger partial charge in [-0.25, -0.2) is 0 Å². The average Bonchev–Trinajstić information content (AvgIpc) is 2.99. The lowest BCUT2D eigenvalue weighted by atomic mass is 10.2. The maximum Gasteiger partial charge on any atom is 0.0401 e. The molecule has 14 heavy (non-hydrogen) atoms. The highest BCUT2D eigenvalue weighted by Gasteiger charge is 2.19. The van der Waals surface area contributed by atoms with Crippen molar-refractivity contribution in [1.82, 2.24) is 10.3 Å². The maximum atomic E-state index is 4.06. The molecule has 0 radical (unpaired) electrons. The molecular weight excluding hydrogens is 174 g/mol. The molecule has 0 atom stereocenters. The first-order valence-electron chi connectivity index (χ1n) is 5.24. The van der Waals surface area contributed by atoms with Gasteiger partial charge in [-0.3, -0.25) is 4.98 Å². The minimum absolute atomic E-state index is 0.801. The van der Waals surface area contributed by atoms with Crippen LogP contribution in [0.25, 0.3) is 0 Å². The molecule has 1 saturated carbocycles. The molecule has 0 spiro atoms. The predicted octanol–water partition coefficient (Wildman–Crippen LogP) is 1.55. The zero-order valence-electron chi connectivity index (χ0n) is 8.59. The summed E-state index contributed by atoms with van der Waals surface area (Å²) in [5.41, 5.74) is 2.40. The predicted molar refractivity (Wildman–Crippen MR) is 58.5 cm³/mol. The molecule has 2 rings (SSSR count). The monoisotopic (exact) mass is 191 g/mol. The molecule has 2 N–H and O–H groups in total. The molecule has 76 valence electrons. The molecule has 0 amide bonds. The minimum atomic E-state index is 0.801. The largest absolute Gasteiger partial charge is 0.383 e. The summed E-state index contributed by atoms with van der Waals surface area (Å²) in [6, 6.07) is 2.82. The van der Waals surface area contributed by atoms with Gasteiger partial charge in [0, 0.05) is 37.2 Å². The van der Waals surface area contributed by atoms with Crippen LogP contribution in [-0.4, -0.2) is 24.1 Å². The number of anilines is 1. The van der Waals surface area contributed by atoms with Gasteiger partial charge in [-0.05, 0) is 31.4 Å². The Hall–Kier alpha value is -1.09. The quantitative estimate of drug-likeness (QED) is 0.693. The van der Waals surface area contributed by atoms with Crippen LogP contribution in [0, 0.1) is 6.92 Å². The van der Waals surface area contributed by atoms with E-state index < -0.39 is 0 Å². The lowest BCUT2D eigenvalue weighted by Crippen LogP contribution is -2.24. The van der Waals surface area contributed by atoms with E-state index in [4.69, 9.17) is 0 Å². The highest BCUT2D eigenvalue weighted by atomic mass is 15.0. The Balaban J connectivity index is 1.71. The van der Waals surface area contributed by atoms with Gasteiger partial charge >= 0.3 is 0 Å². The molecule has 1 fully saturated rings. The summed E-state index contributed by atoms with van der Waals surface area (Å²) in [5, 5.41) is 6.86. The van der Waals surface area contributed by atoms with Gasteiger partial charge < -0.3 is 10.6 Å². The first-order valence-corrected chi connectivity index (χ1v) is 5.24. The SMILES string of the molecule is Cc1cnccc1NCCNC1CC1. The van der Waals surface area contributed by atoms with Crippen LogP contribution in [0.3, 0.4) is 0 Å². The second-order valence-corrected chi connectivity index (χ2v) is 3.85. The van der Waals surface area contributed by atoms with Crippen molar-refractivity contribution in [3.63, 3.8) is 0 Å². The van der Waals surface area contributed by atoms with E-state index in [1.165, 1.54) is 24.1 Å². The number of aromatic nitrogens is 1. The van der Waals surface area contributed by atoms with Gasteiger partial charge in [-0.2, -0.15) is 0 Å². The van der Waals surface area contributed by atoms with Gasteiger partial charge in [-0.15, -0.1) is 0 Å². The minimum Gasteiger partial charge on any atom is -0.383 e. The molecule has 1 heterocycles. The fourth-order valence-corrected chi connectivity index (χ4v) is 1.43. The highest BCUT2D eigenvalue weighted by molar-refractivity contribution is 5.48. The molecule has 0 unspecified atom stereocenters. The topological polar surface area (TPSA) is 37.0 Å². The molecule has 3 nitrogen and oxygen atoms in total. The number of hydrogen-bond acceptors (Lipinski definition) is 3. The van der Waals surface area contributed by atoms with Crippen molar-refractivity contribution in [2.45, 2.75) is 25.8 Å². The Bertz CT molecular complexity index is 294. The fraction of sp³-hybridized carbons (Fsp3) is 0.545. The van der Waals surface area contributed by atoms with Crippen molar-refractivity contribution in [3.05, 3.63) is 24.0 Å². The normalized spacial score (nSPS) is 15.5. The van der Waals surface area contributed by atoms with Crippen molar-refractivity contribution in [2.75, 3.05) is 18.4 Å². The van der Waals surface area contributed by atoms with Gasteiger partial charge in [-0.1, -0.05) is 0 Å². The molecule has 1 aliphatic carbocycles. The van der Waals surface area contributed by atoms with Gasteiger partial charge in [0.05, 0.1) is 0 Å². The van der Waals surface area contributed by atoms with Crippen LogP contribution in [-0.2, 0) is 0 Å². The van der Waals surface area contributed by atoms with E-state index in [9.17, 15) is 0 Å². The van der Waals surface area contributed by atoms with E-state index in [0.717, 1.165) is 19.1 Å². The molecule has 1 aliphatic rings. The van der Waals surface area contributed by atoms with Gasteiger partial charge in [0.25, 0.3) is 0 Å². The number of aryl methyl sites for hydroxylation is 1. The second-order valence-electron chi connectivity index (χ2n) is 3.85. The standard InChI is InChI=1S/C11H17N3/c1-9-8-12-5-4-11(9)14-7-6-13-10-2-3-10/h4-5,8,10,13H,2-3,6-7H2,1H3,(H,12,14). The number of nitrogens with zero attached hydrogens (tertiary/aromatic N) is 1. The van der Waals surface area contributed by atoms with E-state index in [2.05, 4.69) is 22.5 Å². The van der Waals surface area contributed by atoms with E-state index >= 15 is 0 Å². The van der Waals surface area contributed by atoms with Crippen molar-refractivity contribution in [3.8, 4) is 0 Å². The molecule has 3 heteroatoms. The molecule has 1 aromatic heterocycles. The van der Waals surface area contributed by atoms with Crippen LogP contribution in [0.2, 0.25) is 0 Å². The summed E-state index contributed by atoms with van der Waals surface area (Å²) in [6.07, 6.45) is 6.42. The van der Waals surface area contributed by atoms with Crippen LogP contribution >= 0.6 is 0 Å². The molecule has 0 aliphatic heterocycles. The van der Waals surface area contributed by atoms with E-state index in [1.807, 2.05) is 18.5 Å². The van der Waals surface area contributed by atoms with Gasteiger partial charge in [0.15, 0.2) is 0 Å². The lowest BCUT2D eigenvalue weighted by Gasteiger charge is -2.08. The van der Waals surface area contributed by atoms with Crippen LogP contribution in [0.1, 0.15) is 18.4 Å². The van der Waals surface area contributed by atoms with Gasteiger partial charge in [0.1, 0.15) is 0 Å². The number of pyridine rings is 1. The molecular formula is C11H17N3. The number of rotatable bonds is 5. The molecule has 0 bridgehead atoms. The van der Waals surface area contributed by atoms with Crippen LogP contribution in [0.15, 0.2) is 18.5 Å². The summed E-state index contributed by atoms with van der Waals surface area (Å²) >= 11 is 0. The Morgan fingerprint density at radius 1 is 1.43 bits per heavy atom. The summed E-state index contributed by atoms with van der Waals surface area (Å²) in [4.78, 5) is 4.06. The van der Waals surface area contributed by atoms with Crippen LogP contribution in [0.4, 0.5) is 5.69 Å². The summed E-state index contributed by atoms with van der Waals surface area (Å²) in [6.45, 7) is 4.11. The van der Waals surface area contributed by atoms with Crippen LogP contribution in [0.5, 0.6) is 0 Å². The highest BCUT2D eigenvalue weighted by Crippen LogP contribution is 2.18. The molecule has 0 saturated heterocycles. The molecule has 0 aromatic carbocycles. The maximum absolute atomic E-state index is 4.06. The summed E-state index contributed by atoms with van der Waals surface area (Å²) in [7, 11) is 0. The lowest BCUT2D eigenvalue weighted by molar-refractivity contribution is 0.701. The number of nitrogens with one attached hydrogen (secondary N) is 2. The average molecular weight is 191 g/mol. The van der Waals surface area contributed by atoms with E-state index in [-0.39, 0.29) is 0 Å². The van der Waals surface area contributed by atoms with E-state index in [1.54, 1.807) is 0 Å². The van der Waals surface area contributed by atoms with Crippen molar-refractivity contribution >= 4 is 5.69 Å². The third-order valence-electron chi connectivity index (χ3n) is 2.47. The number of hydrogen-bond donors (Lipinski definition) is 2. The summed E-state index contributed by atoms with van der Waals surface area (Å²) < 4.78 is 0. The van der Waals surface area contributed by atoms with Crippen molar-refractivity contribution in [1.29, 1.82) is 0 Å². The van der Waals surface area contributed by atoms with Crippen LogP contribution < -0.4 is 10.6 Å². The summed E-state index contributed by atoms with van der Waals surface area (Å²) in [5.74, 6) is 0. The van der Waals surface area contributed by atoms with Crippen molar-refractivity contribution < 1.29 is 0 Å². The van der Waals surface area contributed by atoms with Crippen molar-refractivity contribution in [2.24, 2.45) is 0 Å². The second kappa shape index (κ2) is 4.42. The Labute approximate surface area is 84.9 Å². The smallest absolute Gasteiger partial charge is 0.0401 e. The Kier molecular flexibility index (Phi) is 2.99. The zero-order valence-corrected chi connectivity index (χ0v) is 8.59. The van der Waals surface area contributed by atoms with E-state index in [0.29, 0.717) is 0 Å². The Morgan fingerprint density at radius 3 is 3.00 bits per heavy atom. The Morgan fingerprint density at radius 2 is 2.29 bits per heavy atom. The van der Waals surface area contributed by atoms with Gasteiger partial charge in [0.2, 0.25) is 0 Å².